The normalized spacial score (nSPS) is 13.0. The van der Waals surface area contributed by atoms with Crippen molar-refractivity contribution in [1.29, 1.82) is 0 Å². The highest BCUT2D eigenvalue weighted by molar-refractivity contribution is 6.70. The molecule has 4 heteroatoms. The fourth-order valence-electron chi connectivity index (χ4n) is 1.51. The van der Waals surface area contributed by atoms with Crippen LogP contribution in [-0.2, 0) is 12.5 Å². The first-order valence-electron chi connectivity index (χ1n) is 5.33. The Bertz CT molecular complexity index is 344. The average molecular weight is 226 g/mol. The predicted molar refractivity (Wildman–Crippen MR) is 65.9 cm³/mol. The van der Waals surface area contributed by atoms with Crippen molar-refractivity contribution in [3.05, 3.63) is 11.8 Å². The summed E-state index contributed by atoms with van der Waals surface area (Å²) in [6, 6.07) is 2.05. The lowest BCUT2D eigenvalue weighted by molar-refractivity contribution is 0.503. The summed E-state index contributed by atoms with van der Waals surface area (Å²) in [6.07, 6.45) is 0. The molecule has 0 atom stereocenters. The first kappa shape index (κ1) is 12.3. The van der Waals surface area contributed by atoms with Gasteiger partial charge in [-0.3, -0.25) is 4.68 Å². The molecule has 0 N–H and O–H groups in total. The quantitative estimate of drug-likeness (QED) is 0.725. The van der Waals surface area contributed by atoms with Crippen molar-refractivity contribution in [3.63, 3.8) is 0 Å². The topological polar surface area (TPSA) is 27.1 Å². The molecule has 1 aromatic heterocycles. The van der Waals surface area contributed by atoms with Crippen LogP contribution in [0.15, 0.2) is 6.07 Å². The van der Waals surface area contributed by atoms with Crippen LogP contribution in [0.25, 0.3) is 0 Å². The fraction of sp³-hybridized carbons (Fsp3) is 0.727. The first-order valence-corrected chi connectivity index (χ1v) is 8.74. The molecule has 1 rings (SSSR count). The zero-order valence-corrected chi connectivity index (χ0v) is 11.9. The van der Waals surface area contributed by atoms with Crippen LogP contribution >= 0.6 is 0 Å². The van der Waals surface area contributed by atoms with Crippen LogP contribution in [0.4, 0.5) is 0 Å². The van der Waals surface area contributed by atoms with Gasteiger partial charge in [0.2, 0.25) is 14.2 Å². The molecule has 1 heterocycles. The van der Waals surface area contributed by atoms with Crippen molar-refractivity contribution in [3.8, 4) is 5.88 Å². The standard InChI is InChI=1S/C11H22N2OSi/c1-11(2,3)9-8-10(12-13(9)4)14-15(5,6)7/h8H,1-7H3. The maximum atomic E-state index is 5.87. The maximum absolute atomic E-state index is 5.87. The smallest absolute Gasteiger partial charge is 0.244 e. The van der Waals surface area contributed by atoms with Crippen LogP contribution in [0.2, 0.25) is 19.6 Å². The Kier molecular flexibility index (Phi) is 3.00. The van der Waals surface area contributed by atoms with Gasteiger partial charge >= 0.3 is 0 Å². The molecule has 0 aliphatic heterocycles. The van der Waals surface area contributed by atoms with Crippen LogP contribution in [0.3, 0.4) is 0 Å². The Balaban J connectivity index is 2.97. The maximum Gasteiger partial charge on any atom is 0.244 e. The zero-order chi connectivity index (χ0) is 11.9. The molecule has 0 saturated heterocycles. The SMILES string of the molecule is Cn1nc(O[Si](C)(C)C)cc1C(C)(C)C. The summed E-state index contributed by atoms with van der Waals surface area (Å²) < 4.78 is 7.78. The van der Waals surface area contributed by atoms with Crippen LogP contribution < -0.4 is 4.43 Å². The van der Waals surface area contributed by atoms with E-state index in [1.54, 1.807) is 0 Å². The number of hydrogen-bond donors (Lipinski definition) is 0. The van der Waals surface area contributed by atoms with Crippen molar-refractivity contribution in [2.24, 2.45) is 7.05 Å². The molecular weight excluding hydrogens is 204 g/mol. The van der Waals surface area contributed by atoms with Crippen molar-refractivity contribution in [2.45, 2.75) is 45.8 Å². The molecule has 86 valence electrons. The third-order valence-corrected chi connectivity index (χ3v) is 2.86. The lowest BCUT2D eigenvalue weighted by Crippen LogP contribution is -2.29. The molecule has 0 aliphatic rings. The van der Waals surface area contributed by atoms with Gasteiger partial charge in [-0.05, 0) is 19.6 Å². The van der Waals surface area contributed by atoms with E-state index in [1.165, 1.54) is 5.69 Å². The van der Waals surface area contributed by atoms with Gasteiger partial charge in [0.05, 0.1) is 0 Å². The Labute approximate surface area is 93.6 Å². The second kappa shape index (κ2) is 3.67. The molecule has 0 bridgehead atoms. The first-order chi connectivity index (χ1) is 6.59. The number of aromatic nitrogens is 2. The molecular formula is C11H22N2OSi. The Morgan fingerprint density at radius 2 is 1.80 bits per heavy atom. The van der Waals surface area contributed by atoms with Crippen LogP contribution in [0.5, 0.6) is 5.88 Å². The van der Waals surface area contributed by atoms with Gasteiger partial charge in [0.15, 0.2) is 0 Å². The average Bonchev–Trinajstić information content (AvgIpc) is 2.25. The lowest BCUT2D eigenvalue weighted by Gasteiger charge is -2.18. The molecule has 3 nitrogen and oxygen atoms in total. The van der Waals surface area contributed by atoms with Crippen LogP contribution in [0, 0.1) is 0 Å². The Morgan fingerprint density at radius 3 is 2.13 bits per heavy atom. The molecule has 0 unspecified atom stereocenters. The van der Waals surface area contributed by atoms with Crippen molar-refractivity contribution in [2.75, 3.05) is 0 Å². The lowest BCUT2D eigenvalue weighted by atomic mass is 9.92. The van der Waals surface area contributed by atoms with E-state index in [4.69, 9.17) is 4.43 Å². The van der Waals surface area contributed by atoms with Gasteiger partial charge in [-0.15, -0.1) is 5.10 Å². The molecule has 0 amide bonds. The highest BCUT2D eigenvalue weighted by Gasteiger charge is 2.23. The molecule has 0 aliphatic carbocycles. The third-order valence-electron chi connectivity index (χ3n) is 2.04. The van der Waals surface area contributed by atoms with Crippen molar-refractivity contribution in [1.82, 2.24) is 9.78 Å². The van der Waals surface area contributed by atoms with Gasteiger partial charge in [-0.2, -0.15) is 0 Å². The largest absolute Gasteiger partial charge is 0.530 e. The number of rotatable bonds is 2. The van der Waals surface area contributed by atoms with E-state index in [-0.39, 0.29) is 5.41 Å². The van der Waals surface area contributed by atoms with Gasteiger partial charge in [-0.1, -0.05) is 20.8 Å². The summed E-state index contributed by atoms with van der Waals surface area (Å²) in [5.74, 6) is 0.765. The highest BCUT2D eigenvalue weighted by Crippen LogP contribution is 2.26. The second-order valence-corrected chi connectivity index (χ2v) is 10.4. The minimum atomic E-state index is -1.54. The van der Waals surface area contributed by atoms with E-state index in [9.17, 15) is 0 Å². The van der Waals surface area contributed by atoms with E-state index in [1.807, 2.05) is 11.7 Å². The molecule has 0 aromatic carbocycles. The predicted octanol–water partition coefficient (Wildman–Crippen LogP) is 2.93. The summed E-state index contributed by atoms with van der Waals surface area (Å²) >= 11 is 0. The molecule has 0 fully saturated rings. The third kappa shape index (κ3) is 3.37. The molecule has 0 radical (unpaired) electrons. The summed E-state index contributed by atoms with van der Waals surface area (Å²) in [7, 11) is 0.427. The summed E-state index contributed by atoms with van der Waals surface area (Å²) in [5.41, 5.74) is 1.32. The van der Waals surface area contributed by atoms with Gasteiger partial charge in [0.25, 0.3) is 0 Å². The Hall–Kier alpha value is -0.773. The fourth-order valence-corrected chi connectivity index (χ4v) is 2.23. The van der Waals surface area contributed by atoms with E-state index in [0.717, 1.165) is 5.88 Å². The zero-order valence-electron chi connectivity index (χ0n) is 10.9. The minimum absolute atomic E-state index is 0.114. The highest BCUT2D eigenvalue weighted by atomic mass is 28.4. The molecule has 15 heavy (non-hydrogen) atoms. The van der Waals surface area contributed by atoms with E-state index >= 15 is 0 Å². The number of nitrogens with zero attached hydrogens (tertiary/aromatic N) is 2. The minimum Gasteiger partial charge on any atom is -0.530 e. The monoisotopic (exact) mass is 226 g/mol. The van der Waals surface area contributed by atoms with Gasteiger partial charge in [0.1, 0.15) is 0 Å². The molecule has 0 spiro atoms. The summed E-state index contributed by atoms with van der Waals surface area (Å²) in [5, 5.41) is 4.39. The van der Waals surface area contributed by atoms with E-state index in [0.29, 0.717) is 0 Å². The number of aryl methyl sites for hydroxylation is 1. The van der Waals surface area contributed by atoms with E-state index < -0.39 is 8.32 Å². The van der Waals surface area contributed by atoms with E-state index in [2.05, 4.69) is 51.6 Å². The Morgan fingerprint density at radius 1 is 1.27 bits per heavy atom. The molecule has 1 aromatic rings. The summed E-state index contributed by atoms with van der Waals surface area (Å²) in [6.45, 7) is 13.0. The molecule has 0 saturated carbocycles. The van der Waals surface area contributed by atoms with Crippen LogP contribution in [-0.4, -0.2) is 18.1 Å². The van der Waals surface area contributed by atoms with Crippen molar-refractivity contribution >= 4 is 8.32 Å². The van der Waals surface area contributed by atoms with Gasteiger partial charge < -0.3 is 4.43 Å². The second-order valence-electron chi connectivity index (χ2n) is 5.96. The van der Waals surface area contributed by atoms with Crippen LogP contribution in [0.1, 0.15) is 26.5 Å². The number of hydrogen-bond acceptors (Lipinski definition) is 2. The van der Waals surface area contributed by atoms with Crippen molar-refractivity contribution < 1.29 is 4.43 Å². The van der Waals surface area contributed by atoms with Gasteiger partial charge in [0, 0.05) is 24.2 Å². The summed E-state index contributed by atoms with van der Waals surface area (Å²) in [4.78, 5) is 0. The van der Waals surface area contributed by atoms with Gasteiger partial charge in [-0.25, -0.2) is 0 Å².